The second-order valence-corrected chi connectivity index (χ2v) is 6.62. The number of fused-ring (bicyclic) bond motifs is 1. The monoisotopic (exact) mass is 332 g/mol. The molecule has 1 heterocycles. The van der Waals surface area contributed by atoms with E-state index in [1.165, 1.54) is 13.2 Å². The Bertz CT molecular complexity index is 948. The molecule has 0 aliphatic carbocycles. The summed E-state index contributed by atoms with van der Waals surface area (Å²) in [6.07, 6.45) is 0.790. The van der Waals surface area contributed by atoms with Crippen LogP contribution in [0.15, 0.2) is 51.9 Å². The molecular weight excluding hydrogens is 316 g/mol. The molecule has 6 nitrogen and oxygen atoms in total. The second-order valence-electron chi connectivity index (χ2n) is 4.97. The van der Waals surface area contributed by atoms with Crippen molar-refractivity contribution in [2.45, 2.75) is 18.2 Å². The molecule has 0 saturated heterocycles. The van der Waals surface area contributed by atoms with Crippen molar-refractivity contribution in [1.29, 1.82) is 0 Å². The van der Waals surface area contributed by atoms with E-state index >= 15 is 0 Å². The van der Waals surface area contributed by atoms with Gasteiger partial charge in [0.1, 0.15) is 10.6 Å². The summed E-state index contributed by atoms with van der Waals surface area (Å²) in [5.74, 6) is 0.451. The smallest absolute Gasteiger partial charge is 0.266 e. The van der Waals surface area contributed by atoms with Gasteiger partial charge in [0.15, 0.2) is 11.4 Å². The minimum Gasteiger partial charge on any atom is -0.495 e. The van der Waals surface area contributed by atoms with Crippen molar-refractivity contribution in [3.05, 3.63) is 48.0 Å². The molecule has 0 fully saturated rings. The van der Waals surface area contributed by atoms with Gasteiger partial charge in [-0.05, 0) is 36.2 Å². The third-order valence-corrected chi connectivity index (χ3v) is 4.91. The number of methoxy groups -OCH3 is 1. The fraction of sp³-hybridized carbons (Fsp3) is 0.188. The van der Waals surface area contributed by atoms with Gasteiger partial charge in [-0.1, -0.05) is 30.3 Å². The maximum absolute atomic E-state index is 12.6. The van der Waals surface area contributed by atoms with Crippen LogP contribution < -0.4 is 9.46 Å². The molecule has 0 aliphatic rings. The number of hydrogen-bond acceptors (Lipinski definition) is 5. The van der Waals surface area contributed by atoms with Crippen molar-refractivity contribution in [3.8, 4) is 5.75 Å². The summed E-state index contributed by atoms with van der Waals surface area (Å²) in [6.45, 7) is 1.99. The van der Waals surface area contributed by atoms with Crippen LogP contribution in [0, 0.1) is 0 Å². The van der Waals surface area contributed by atoms with E-state index in [1.807, 2.05) is 6.92 Å². The van der Waals surface area contributed by atoms with Gasteiger partial charge in [0.05, 0.1) is 12.5 Å². The van der Waals surface area contributed by atoms with E-state index in [-0.39, 0.29) is 10.7 Å². The molecule has 120 valence electrons. The van der Waals surface area contributed by atoms with Gasteiger partial charge in [-0.15, -0.1) is 0 Å². The molecule has 0 saturated carbocycles. The van der Waals surface area contributed by atoms with Crippen molar-refractivity contribution in [2.75, 3.05) is 11.8 Å². The van der Waals surface area contributed by atoms with Gasteiger partial charge in [-0.25, -0.2) is 8.42 Å². The number of nitrogens with one attached hydrogen (secondary N) is 1. The van der Waals surface area contributed by atoms with Gasteiger partial charge >= 0.3 is 0 Å². The van der Waals surface area contributed by atoms with E-state index in [2.05, 4.69) is 9.88 Å². The molecule has 2 aromatic carbocycles. The quantitative estimate of drug-likeness (QED) is 0.776. The molecule has 1 aromatic heterocycles. The Labute approximate surface area is 134 Å². The molecule has 0 aliphatic heterocycles. The Morgan fingerprint density at radius 3 is 2.74 bits per heavy atom. The number of hydrogen-bond donors (Lipinski definition) is 1. The molecule has 0 amide bonds. The molecular formula is C16H16N2O4S. The topological polar surface area (TPSA) is 81.4 Å². The Balaban J connectivity index is 2.02. The van der Waals surface area contributed by atoms with Gasteiger partial charge in [0.2, 0.25) is 0 Å². The predicted octanol–water partition coefficient (Wildman–Crippen LogP) is 3.20. The first-order valence-electron chi connectivity index (χ1n) is 7.09. The van der Waals surface area contributed by atoms with E-state index in [9.17, 15) is 8.42 Å². The predicted molar refractivity (Wildman–Crippen MR) is 87.2 cm³/mol. The van der Waals surface area contributed by atoms with Crippen LogP contribution in [0.25, 0.3) is 11.0 Å². The molecule has 0 unspecified atom stereocenters. The number of nitrogens with zero attached hydrogens (tertiary/aromatic N) is 1. The summed E-state index contributed by atoms with van der Waals surface area (Å²) >= 11 is 0. The van der Waals surface area contributed by atoms with Crippen LogP contribution in [-0.4, -0.2) is 20.7 Å². The van der Waals surface area contributed by atoms with E-state index < -0.39 is 10.0 Å². The average molecular weight is 332 g/mol. The highest BCUT2D eigenvalue weighted by Gasteiger charge is 2.22. The lowest BCUT2D eigenvalue weighted by Gasteiger charge is -2.11. The lowest BCUT2D eigenvalue weighted by atomic mass is 10.2. The van der Waals surface area contributed by atoms with E-state index in [0.29, 0.717) is 16.7 Å². The van der Waals surface area contributed by atoms with Crippen LogP contribution in [-0.2, 0) is 16.4 Å². The normalized spacial score (nSPS) is 11.6. The minimum atomic E-state index is -3.84. The molecule has 3 rings (SSSR count). The van der Waals surface area contributed by atoms with Crippen molar-refractivity contribution in [2.24, 2.45) is 0 Å². The molecule has 23 heavy (non-hydrogen) atoms. The summed E-state index contributed by atoms with van der Waals surface area (Å²) < 4.78 is 38.1. The molecule has 3 aromatic rings. The Morgan fingerprint density at radius 1 is 1.22 bits per heavy atom. The summed E-state index contributed by atoms with van der Waals surface area (Å²) in [6, 6.07) is 12.0. The average Bonchev–Trinajstić information content (AvgIpc) is 2.96. The highest BCUT2D eigenvalue weighted by atomic mass is 32.2. The molecule has 0 atom stereocenters. The first kappa shape index (κ1) is 15.4. The van der Waals surface area contributed by atoms with Crippen molar-refractivity contribution < 1.29 is 17.7 Å². The number of anilines is 1. The Hall–Kier alpha value is -2.54. The Morgan fingerprint density at radius 2 is 2.00 bits per heavy atom. The second kappa shape index (κ2) is 5.92. The van der Waals surface area contributed by atoms with Gasteiger partial charge < -0.3 is 9.26 Å². The summed E-state index contributed by atoms with van der Waals surface area (Å²) in [5.41, 5.74) is 1.51. The molecule has 0 radical (unpaired) electrons. The zero-order chi connectivity index (χ0) is 16.4. The third kappa shape index (κ3) is 2.87. The number of aryl methyl sites for hydroxylation is 1. The van der Waals surface area contributed by atoms with Crippen LogP contribution in [0.3, 0.4) is 0 Å². The Kier molecular flexibility index (Phi) is 3.96. The third-order valence-electron chi connectivity index (χ3n) is 3.53. The lowest BCUT2D eigenvalue weighted by molar-refractivity contribution is 0.402. The largest absolute Gasteiger partial charge is 0.495 e. The van der Waals surface area contributed by atoms with Crippen LogP contribution in [0.4, 0.5) is 5.82 Å². The zero-order valence-corrected chi connectivity index (χ0v) is 13.6. The fourth-order valence-corrected chi connectivity index (χ4v) is 3.46. The maximum atomic E-state index is 12.6. The number of aromatic nitrogens is 1. The molecule has 0 spiro atoms. The number of sulfonamides is 1. The fourth-order valence-electron chi connectivity index (χ4n) is 2.30. The summed E-state index contributed by atoms with van der Waals surface area (Å²) in [4.78, 5) is 0.0595. The first-order chi connectivity index (χ1) is 11.0. The van der Waals surface area contributed by atoms with Crippen LogP contribution in [0.5, 0.6) is 5.75 Å². The van der Waals surface area contributed by atoms with Crippen LogP contribution in [0.1, 0.15) is 12.5 Å². The van der Waals surface area contributed by atoms with Crippen LogP contribution >= 0.6 is 0 Å². The van der Waals surface area contributed by atoms with Crippen molar-refractivity contribution >= 4 is 26.8 Å². The summed E-state index contributed by atoms with van der Waals surface area (Å²) in [7, 11) is -2.40. The van der Waals surface area contributed by atoms with Crippen molar-refractivity contribution in [3.63, 3.8) is 0 Å². The maximum Gasteiger partial charge on any atom is 0.266 e. The molecule has 7 heteroatoms. The number of para-hydroxylation sites is 1. The van der Waals surface area contributed by atoms with E-state index in [1.54, 1.807) is 36.4 Å². The van der Waals surface area contributed by atoms with Gasteiger partial charge in [-0.3, -0.25) is 4.72 Å². The standard InChI is InChI=1S/C16H16N2O4S/c1-3-11-8-9-15(14(10-11)21-2)23(19,20)18-16-12-6-4-5-7-13(12)22-17-16/h4-10H,3H2,1-2H3,(H,17,18). The van der Waals surface area contributed by atoms with Crippen molar-refractivity contribution in [1.82, 2.24) is 5.16 Å². The van der Waals surface area contributed by atoms with E-state index in [0.717, 1.165) is 12.0 Å². The first-order valence-corrected chi connectivity index (χ1v) is 8.57. The van der Waals surface area contributed by atoms with Gasteiger partial charge in [-0.2, -0.15) is 0 Å². The number of ether oxygens (including phenoxy) is 1. The van der Waals surface area contributed by atoms with Gasteiger partial charge in [0.25, 0.3) is 10.0 Å². The molecule has 0 bridgehead atoms. The van der Waals surface area contributed by atoms with E-state index in [4.69, 9.17) is 9.26 Å². The highest BCUT2D eigenvalue weighted by Crippen LogP contribution is 2.29. The SMILES string of the molecule is CCc1ccc(S(=O)(=O)Nc2noc3ccccc23)c(OC)c1. The zero-order valence-electron chi connectivity index (χ0n) is 12.7. The highest BCUT2D eigenvalue weighted by molar-refractivity contribution is 7.92. The summed E-state index contributed by atoms with van der Waals surface area (Å²) in [5, 5.41) is 4.39. The van der Waals surface area contributed by atoms with Gasteiger partial charge in [0, 0.05) is 0 Å². The minimum absolute atomic E-state index is 0.0595. The number of rotatable bonds is 5. The lowest BCUT2D eigenvalue weighted by Crippen LogP contribution is -2.14. The number of benzene rings is 2. The van der Waals surface area contributed by atoms with Crippen LogP contribution in [0.2, 0.25) is 0 Å². The molecule has 1 N–H and O–H groups in total.